The van der Waals surface area contributed by atoms with Gasteiger partial charge in [0.25, 0.3) is 13.4 Å². The van der Waals surface area contributed by atoms with E-state index in [0.717, 1.165) is 163 Å². The van der Waals surface area contributed by atoms with Crippen LogP contribution in [0.25, 0.3) is 49.7 Å². The number of aromatic nitrogens is 1. The summed E-state index contributed by atoms with van der Waals surface area (Å²) in [5.74, 6) is 3.17. The van der Waals surface area contributed by atoms with Crippen molar-refractivity contribution in [1.29, 1.82) is 0 Å². The topological polar surface area (TPSA) is 36.4 Å². The molecule has 1 aromatic heterocycles. The summed E-state index contributed by atoms with van der Waals surface area (Å²) in [7, 11) is 0. The zero-order valence-corrected chi connectivity index (χ0v) is 53.8. The highest BCUT2D eigenvalue weighted by molar-refractivity contribution is 7.02. The van der Waals surface area contributed by atoms with Crippen molar-refractivity contribution in [2.45, 2.75) is 0 Å². The van der Waals surface area contributed by atoms with E-state index >= 15 is 0 Å². The van der Waals surface area contributed by atoms with Crippen molar-refractivity contribution in [3.05, 3.63) is 358 Å². The molecular formula is C90H59B2N5O2. The summed E-state index contributed by atoms with van der Waals surface area (Å²) in [6.07, 6.45) is 0. The Hall–Kier alpha value is -13.0. The molecule has 16 aromatic rings. The molecule has 0 saturated carbocycles. The average Bonchev–Trinajstić information content (AvgIpc) is 1.11. The van der Waals surface area contributed by atoms with Crippen LogP contribution in [0.4, 0.5) is 68.2 Å². The van der Waals surface area contributed by atoms with Crippen LogP contribution in [0.15, 0.2) is 358 Å². The van der Waals surface area contributed by atoms with Gasteiger partial charge >= 0.3 is 0 Å². The Morgan fingerprint density at radius 1 is 0.253 bits per heavy atom. The van der Waals surface area contributed by atoms with E-state index in [4.69, 9.17) is 9.47 Å². The van der Waals surface area contributed by atoms with Gasteiger partial charge in [-0.3, -0.25) is 0 Å². The fourth-order valence-electron chi connectivity index (χ4n) is 16.3. The van der Waals surface area contributed by atoms with Crippen molar-refractivity contribution in [3.63, 3.8) is 0 Å². The quantitative estimate of drug-likeness (QED) is 0.120. The first-order valence-corrected chi connectivity index (χ1v) is 34.0. The predicted octanol–water partition coefficient (Wildman–Crippen LogP) is 19.9. The predicted molar refractivity (Wildman–Crippen MR) is 413 cm³/mol. The summed E-state index contributed by atoms with van der Waals surface area (Å²) in [5.41, 5.74) is 26.7. The average molecular weight is 1260 g/mol. The third kappa shape index (κ3) is 9.01. The first-order chi connectivity index (χ1) is 49.1. The van der Waals surface area contributed by atoms with Crippen LogP contribution in [0.2, 0.25) is 0 Å². The van der Waals surface area contributed by atoms with Crippen molar-refractivity contribution in [3.8, 4) is 50.9 Å². The summed E-state index contributed by atoms with van der Waals surface area (Å²) in [6.45, 7) is -0.591. The first kappa shape index (κ1) is 56.4. The molecule has 0 fully saturated rings. The third-order valence-corrected chi connectivity index (χ3v) is 20.4. The van der Waals surface area contributed by atoms with Crippen LogP contribution in [0, 0.1) is 0 Å². The van der Waals surface area contributed by atoms with Gasteiger partial charge in [-0.05, 0) is 141 Å². The molecule has 0 bridgehead atoms. The van der Waals surface area contributed by atoms with Gasteiger partial charge in [-0.2, -0.15) is 0 Å². The van der Waals surface area contributed by atoms with E-state index in [9.17, 15) is 0 Å². The van der Waals surface area contributed by atoms with Crippen LogP contribution >= 0.6 is 0 Å². The lowest BCUT2D eigenvalue weighted by Gasteiger charge is -2.44. The smallest absolute Gasteiger partial charge is 0.256 e. The Balaban J connectivity index is 0.918. The van der Waals surface area contributed by atoms with E-state index in [1.807, 2.05) is 0 Å². The van der Waals surface area contributed by atoms with Gasteiger partial charge in [-0.15, -0.1) is 0 Å². The van der Waals surface area contributed by atoms with Crippen molar-refractivity contribution in [2.75, 3.05) is 19.6 Å². The lowest BCUT2D eigenvalue weighted by molar-refractivity contribution is 0.487. The summed E-state index contributed by atoms with van der Waals surface area (Å²) < 4.78 is 18.2. The van der Waals surface area contributed by atoms with Gasteiger partial charge in [0.2, 0.25) is 0 Å². The monoisotopic (exact) mass is 1260 g/mol. The van der Waals surface area contributed by atoms with Crippen LogP contribution in [0.3, 0.4) is 0 Å². The normalized spacial score (nSPS) is 12.7. The number of hydrogen-bond acceptors (Lipinski definition) is 6. The second-order valence-electron chi connectivity index (χ2n) is 25.9. The Morgan fingerprint density at radius 3 is 1.23 bits per heavy atom. The molecule has 0 spiro atoms. The lowest BCUT2D eigenvalue weighted by atomic mass is 9.31. The highest BCUT2D eigenvalue weighted by atomic mass is 16.5. The fraction of sp³-hybridized carbons (Fsp3) is 0. The minimum atomic E-state index is -0.341. The van der Waals surface area contributed by atoms with Gasteiger partial charge in [-0.25, -0.2) is 0 Å². The maximum absolute atomic E-state index is 7.94. The van der Waals surface area contributed by atoms with E-state index < -0.39 is 0 Å². The zero-order chi connectivity index (χ0) is 65.1. The van der Waals surface area contributed by atoms with Crippen molar-refractivity contribution in [2.24, 2.45) is 0 Å². The van der Waals surface area contributed by atoms with Crippen LogP contribution in [0.1, 0.15) is 0 Å². The second kappa shape index (κ2) is 22.9. The fourth-order valence-corrected chi connectivity index (χ4v) is 16.3. The third-order valence-electron chi connectivity index (χ3n) is 20.4. The lowest BCUT2D eigenvalue weighted by Crippen LogP contribution is -2.63. The molecule has 0 amide bonds. The van der Waals surface area contributed by atoms with E-state index in [0.29, 0.717) is 0 Å². The number of rotatable bonds is 11. The van der Waals surface area contributed by atoms with E-state index in [-0.39, 0.29) is 13.4 Å². The summed E-state index contributed by atoms with van der Waals surface area (Å²) in [4.78, 5) is 9.74. The molecule has 7 nitrogen and oxygen atoms in total. The van der Waals surface area contributed by atoms with Crippen LogP contribution in [-0.4, -0.2) is 18.0 Å². The number of benzene rings is 15. The Morgan fingerprint density at radius 2 is 0.687 bits per heavy atom. The standard InChI is InChI=1S/C90H59B2N5O2/c1-9-30-60(31-10-1)70-47-29-48-71(61-32-11-2-12-33-61)90(70)97-81-59-85-77(91-74-49-26-28-51-79(74)96(67-44-23-8-24-45-67)82-52-68(54-86(99-85)88(82)91)93(62-34-13-3-14-35-62)63-36-15-4-16-37-63)57-75(81)92-76-56-73-72-46-25-27-50-78(72)95(66-42-21-7-22-43-66)80(73)58-84(76)98-87-55-69(53-83(97)89(87)92)94(64-38-17-5-18-39-64)65-40-19-6-20-41-65/h1-59H. The highest BCUT2D eigenvalue weighted by Crippen LogP contribution is 2.53. The maximum Gasteiger partial charge on any atom is 0.256 e. The molecule has 20 rings (SSSR count). The number of hydrogen-bond donors (Lipinski definition) is 0. The minimum Gasteiger partial charge on any atom is -0.458 e. The van der Waals surface area contributed by atoms with E-state index in [1.165, 1.54) is 10.8 Å². The van der Waals surface area contributed by atoms with Gasteiger partial charge in [0.15, 0.2) is 0 Å². The van der Waals surface area contributed by atoms with Gasteiger partial charge in [0.05, 0.1) is 28.1 Å². The molecule has 15 aromatic carbocycles. The molecule has 0 aliphatic carbocycles. The molecule has 9 heteroatoms. The Kier molecular flexibility index (Phi) is 13.0. The minimum absolute atomic E-state index is 0.250. The second-order valence-corrected chi connectivity index (χ2v) is 25.9. The number of nitrogens with zero attached hydrogens (tertiary/aromatic N) is 5. The van der Waals surface area contributed by atoms with Gasteiger partial charge in [0, 0.05) is 103 Å². The molecule has 99 heavy (non-hydrogen) atoms. The van der Waals surface area contributed by atoms with Crippen LogP contribution in [-0.2, 0) is 0 Å². The molecule has 5 heterocycles. The molecule has 0 N–H and O–H groups in total. The largest absolute Gasteiger partial charge is 0.458 e. The van der Waals surface area contributed by atoms with Crippen LogP contribution in [0.5, 0.6) is 23.0 Å². The van der Waals surface area contributed by atoms with Crippen LogP contribution < -0.4 is 61.9 Å². The molecular weight excluding hydrogens is 1200 g/mol. The van der Waals surface area contributed by atoms with E-state index in [1.54, 1.807) is 0 Å². The number of anilines is 12. The number of para-hydroxylation sites is 9. The Labute approximate surface area is 575 Å². The maximum atomic E-state index is 7.94. The molecule has 4 aliphatic rings. The number of fused-ring (bicyclic) bond motifs is 11. The van der Waals surface area contributed by atoms with Gasteiger partial charge < -0.3 is 33.6 Å². The Bertz CT molecular complexity index is 5690. The molecule has 0 atom stereocenters. The molecule has 4 aliphatic heterocycles. The molecule has 0 unspecified atom stereocenters. The number of ether oxygens (including phenoxy) is 2. The molecule has 0 radical (unpaired) electrons. The van der Waals surface area contributed by atoms with Gasteiger partial charge in [0.1, 0.15) is 23.0 Å². The summed E-state index contributed by atoms with van der Waals surface area (Å²) in [5, 5.41) is 2.33. The van der Waals surface area contributed by atoms with Crippen molar-refractivity contribution >= 4 is 136 Å². The molecule has 0 saturated heterocycles. The molecule has 462 valence electrons. The first-order valence-electron chi connectivity index (χ1n) is 34.0. The van der Waals surface area contributed by atoms with Crippen molar-refractivity contribution < 1.29 is 9.47 Å². The van der Waals surface area contributed by atoms with E-state index in [2.05, 4.69) is 382 Å². The zero-order valence-electron chi connectivity index (χ0n) is 53.8. The summed E-state index contributed by atoms with van der Waals surface area (Å²) in [6, 6.07) is 130. The van der Waals surface area contributed by atoms with Crippen molar-refractivity contribution in [1.82, 2.24) is 4.57 Å². The summed E-state index contributed by atoms with van der Waals surface area (Å²) >= 11 is 0. The van der Waals surface area contributed by atoms with Gasteiger partial charge in [-0.1, -0.05) is 237 Å². The SMILES string of the molecule is c1ccc(-c2cccc(-c3ccccc3)c2N2c3cc4c(cc3B3c5cc6c7ccccc7n(-c7ccccc7)c6cc5Oc5cc(N(c6ccccc6)c6ccccc6)cc2c53)B2c3ccccc3N(c3ccccc3)c3cc(N(c5ccccc5)c5ccccc5)cc(c32)O4)cc1. The highest BCUT2D eigenvalue weighted by Gasteiger charge is 2.48.